The van der Waals surface area contributed by atoms with Crippen LogP contribution in [0.15, 0.2) is 24.3 Å². The zero-order valence-electron chi connectivity index (χ0n) is 9.85. The molecule has 1 saturated heterocycles. The molecule has 1 aliphatic rings. The van der Waals surface area contributed by atoms with E-state index < -0.39 is 0 Å². The highest BCUT2D eigenvalue weighted by molar-refractivity contribution is 5.78. The minimum Gasteiger partial charge on any atom is -0.496 e. The number of benzene rings is 1. The van der Waals surface area contributed by atoms with Crippen LogP contribution in [0.4, 0.5) is 0 Å². The minimum atomic E-state index is 0.00204. The summed E-state index contributed by atoms with van der Waals surface area (Å²) in [5, 5.41) is 1.88. The van der Waals surface area contributed by atoms with E-state index in [4.69, 9.17) is 10.5 Å². The molecule has 0 radical (unpaired) electrons. The topological polar surface area (TPSA) is 67.6 Å². The molecule has 0 saturated carbocycles. The fraction of sp³-hybridized carbons (Fsp3) is 0.417. The first-order valence-corrected chi connectivity index (χ1v) is 5.65. The Morgan fingerprint density at radius 2 is 2.29 bits per heavy atom. The smallest absolute Gasteiger partial charge is 0.236 e. The van der Waals surface area contributed by atoms with Crippen molar-refractivity contribution in [3.63, 3.8) is 0 Å². The summed E-state index contributed by atoms with van der Waals surface area (Å²) in [6.07, 6.45) is 0.445. The summed E-state index contributed by atoms with van der Waals surface area (Å²) < 4.78 is 5.32. The molecule has 17 heavy (non-hydrogen) atoms. The van der Waals surface area contributed by atoms with Crippen LogP contribution in [0.5, 0.6) is 5.75 Å². The maximum atomic E-state index is 11.5. The summed E-state index contributed by atoms with van der Waals surface area (Å²) in [5.74, 6) is 0.824. The van der Waals surface area contributed by atoms with E-state index in [0.29, 0.717) is 19.5 Å². The summed E-state index contributed by atoms with van der Waals surface area (Å²) in [6.45, 7) is 1.14. The van der Waals surface area contributed by atoms with Gasteiger partial charge in [0.15, 0.2) is 0 Å². The van der Waals surface area contributed by atoms with E-state index in [1.807, 2.05) is 29.3 Å². The van der Waals surface area contributed by atoms with Crippen molar-refractivity contribution in [3.05, 3.63) is 29.8 Å². The largest absolute Gasteiger partial charge is 0.496 e. The van der Waals surface area contributed by atoms with E-state index in [1.165, 1.54) is 0 Å². The van der Waals surface area contributed by atoms with Gasteiger partial charge in [0.05, 0.1) is 13.2 Å². The van der Waals surface area contributed by atoms with Gasteiger partial charge in [-0.15, -0.1) is 0 Å². The standard InChI is InChI=1S/C12H17N3O2/c1-17-11-5-3-2-4-9(11)10-8-12(16)14-15(10)7-6-13/h2-5,10H,6-8,13H2,1H3,(H,14,16). The molecule has 5 heteroatoms. The van der Waals surface area contributed by atoms with E-state index in [2.05, 4.69) is 5.43 Å². The van der Waals surface area contributed by atoms with Crippen LogP contribution in [-0.4, -0.2) is 31.1 Å². The predicted octanol–water partition coefficient (Wildman–Crippen LogP) is 0.432. The van der Waals surface area contributed by atoms with Crippen LogP contribution in [0.25, 0.3) is 0 Å². The Balaban J connectivity index is 2.27. The Morgan fingerprint density at radius 3 is 3.00 bits per heavy atom. The van der Waals surface area contributed by atoms with Crippen LogP contribution in [0.3, 0.4) is 0 Å². The van der Waals surface area contributed by atoms with Crippen LogP contribution in [0, 0.1) is 0 Å². The highest BCUT2D eigenvalue weighted by atomic mass is 16.5. The second-order valence-corrected chi connectivity index (χ2v) is 3.98. The van der Waals surface area contributed by atoms with E-state index in [0.717, 1.165) is 11.3 Å². The molecule has 1 atom stereocenters. The molecule has 5 nitrogen and oxygen atoms in total. The number of methoxy groups -OCH3 is 1. The molecule has 0 bridgehead atoms. The van der Waals surface area contributed by atoms with E-state index in [9.17, 15) is 4.79 Å². The van der Waals surface area contributed by atoms with Gasteiger partial charge in [-0.25, -0.2) is 5.01 Å². The number of amides is 1. The van der Waals surface area contributed by atoms with E-state index >= 15 is 0 Å². The summed E-state index contributed by atoms with van der Waals surface area (Å²) in [4.78, 5) is 11.5. The maximum Gasteiger partial charge on any atom is 0.236 e. The monoisotopic (exact) mass is 235 g/mol. The number of carbonyl (C=O) groups excluding carboxylic acids is 1. The van der Waals surface area contributed by atoms with Crippen molar-refractivity contribution in [2.45, 2.75) is 12.5 Å². The molecule has 1 unspecified atom stereocenters. The second-order valence-electron chi connectivity index (χ2n) is 3.98. The first kappa shape index (κ1) is 11.9. The van der Waals surface area contributed by atoms with Crippen LogP contribution in [0.1, 0.15) is 18.0 Å². The maximum absolute atomic E-state index is 11.5. The zero-order chi connectivity index (χ0) is 12.3. The molecule has 0 aliphatic carbocycles. The molecular formula is C12H17N3O2. The number of hydrogen-bond donors (Lipinski definition) is 2. The first-order valence-electron chi connectivity index (χ1n) is 5.65. The van der Waals surface area contributed by atoms with Gasteiger partial charge in [0, 0.05) is 25.1 Å². The van der Waals surface area contributed by atoms with Gasteiger partial charge in [-0.3, -0.25) is 10.2 Å². The van der Waals surface area contributed by atoms with Gasteiger partial charge < -0.3 is 10.5 Å². The number of hydrogen-bond acceptors (Lipinski definition) is 4. The summed E-state index contributed by atoms with van der Waals surface area (Å²) in [7, 11) is 1.64. The fourth-order valence-corrected chi connectivity index (χ4v) is 2.14. The third kappa shape index (κ3) is 2.40. The average molecular weight is 235 g/mol. The lowest BCUT2D eigenvalue weighted by atomic mass is 10.0. The second kappa shape index (κ2) is 5.16. The van der Waals surface area contributed by atoms with Crippen molar-refractivity contribution in [2.24, 2.45) is 5.73 Å². The first-order chi connectivity index (χ1) is 8.26. The molecule has 1 aromatic carbocycles. The number of rotatable bonds is 4. The number of para-hydroxylation sites is 1. The fourth-order valence-electron chi connectivity index (χ4n) is 2.14. The predicted molar refractivity (Wildman–Crippen MR) is 64.3 cm³/mol. The van der Waals surface area contributed by atoms with Crippen LogP contribution < -0.4 is 15.9 Å². The number of ether oxygens (including phenoxy) is 1. The van der Waals surface area contributed by atoms with Crippen molar-refractivity contribution in [2.75, 3.05) is 20.2 Å². The molecule has 1 aromatic rings. The van der Waals surface area contributed by atoms with Gasteiger partial charge in [-0.1, -0.05) is 18.2 Å². The van der Waals surface area contributed by atoms with Crippen molar-refractivity contribution < 1.29 is 9.53 Å². The van der Waals surface area contributed by atoms with E-state index in [-0.39, 0.29) is 11.9 Å². The third-order valence-corrected chi connectivity index (χ3v) is 2.89. The molecule has 0 spiro atoms. The summed E-state index contributed by atoms with van der Waals surface area (Å²) in [5.41, 5.74) is 9.37. The van der Waals surface area contributed by atoms with Crippen molar-refractivity contribution in [1.82, 2.24) is 10.4 Å². The van der Waals surface area contributed by atoms with Gasteiger partial charge >= 0.3 is 0 Å². The zero-order valence-corrected chi connectivity index (χ0v) is 9.85. The quantitative estimate of drug-likeness (QED) is 0.794. The third-order valence-electron chi connectivity index (χ3n) is 2.89. The highest BCUT2D eigenvalue weighted by Crippen LogP contribution is 2.33. The average Bonchev–Trinajstić information content (AvgIpc) is 2.71. The summed E-state index contributed by atoms with van der Waals surface area (Å²) in [6, 6.07) is 7.75. The minimum absolute atomic E-state index is 0.00204. The van der Waals surface area contributed by atoms with Gasteiger partial charge in [-0.05, 0) is 6.07 Å². The Kier molecular flexibility index (Phi) is 3.61. The lowest BCUT2D eigenvalue weighted by molar-refractivity contribution is -0.120. The van der Waals surface area contributed by atoms with Crippen molar-refractivity contribution in [1.29, 1.82) is 0 Å². The Hall–Kier alpha value is -1.59. The highest BCUT2D eigenvalue weighted by Gasteiger charge is 2.32. The van der Waals surface area contributed by atoms with Gasteiger partial charge in [-0.2, -0.15) is 0 Å². The number of hydrazine groups is 1. The molecular weight excluding hydrogens is 218 g/mol. The van der Waals surface area contributed by atoms with E-state index in [1.54, 1.807) is 7.11 Å². The lowest BCUT2D eigenvalue weighted by Gasteiger charge is -2.24. The summed E-state index contributed by atoms with van der Waals surface area (Å²) >= 11 is 0. The van der Waals surface area contributed by atoms with Crippen LogP contribution in [-0.2, 0) is 4.79 Å². The molecule has 0 aromatic heterocycles. The van der Waals surface area contributed by atoms with Gasteiger partial charge in [0.25, 0.3) is 0 Å². The van der Waals surface area contributed by atoms with Crippen LogP contribution in [0.2, 0.25) is 0 Å². The Bertz CT molecular complexity index is 408. The molecule has 1 heterocycles. The number of carbonyl (C=O) groups is 1. The molecule has 1 amide bonds. The van der Waals surface area contributed by atoms with Crippen molar-refractivity contribution in [3.8, 4) is 5.75 Å². The molecule has 1 aliphatic heterocycles. The molecule has 1 fully saturated rings. The lowest BCUT2D eigenvalue weighted by Crippen LogP contribution is -2.38. The SMILES string of the molecule is COc1ccccc1C1CC(=O)NN1CCN. The normalized spacial score (nSPS) is 20.4. The molecule has 92 valence electrons. The van der Waals surface area contributed by atoms with Gasteiger partial charge in [0.2, 0.25) is 5.91 Å². The van der Waals surface area contributed by atoms with Crippen molar-refractivity contribution >= 4 is 5.91 Å². The Labute approximate surface area is 101 Å². The Morgan fingerprint density at radius 1 is 1.53 bits per heavy atom. The molecule has 3 N–H and O–H groups in total. The van der Waals surface area contributed by atoms with Gasteiger partial charge in [0.1, 0.15) is 5.75 Å². The van der Waals surface area contributed by atoms with Crippen LogP contribution >= 0.6 is 0 Å². The molecule has 2 rings (SSSR count). The number of nitrogens with one attached hydrogen (secondary N) is 1. The number of nitrogens with zero attached hydrogens (tertiary/aromatic N) is 1. The number of nitrogens with two attached hydrogens (primary N) is 1.